The van der Waals surface area contributed by atoms with Crippen LogP contribution in [0.2, 0.25) is 0 Å². The van der Waals surface area contributed by atoms with Gasteiger partial charge in [0.05, 0.1) is 6.61 Å². The van der Waals surface area contributed by atoms with E-state index in [1.54, 1.807) is 0 Å². The molecule has 1 N–H and O–H groups in total. The lowest BCUT2D eigenvalue weighted by Crippen LogP contribution is -2.32. The number of amides is 1. The molecule has 0 spiro atoms. The smallest absolute Gasteiger partial charge is 0.325 e. The van der Waals surface area contributed by atoms with E-state index in [2.05, 4.69) is 5.32 Å². The summed E-state index contributed by atoms with van der Waals surface area (Å²) in [5, 5.41) is 2.57. The van der Waals surface area contributed by atoms with Gasteiger partial charge in [0.25, 0.3) is 0 Å². The monoisotopic (exact) mass is 213 g/mol. The average molecular weight is 213 g/mol. The first kappa shape index (κ1) is 12.0. The minimum Gasteiger partial charge on any atom is -0.464 e. The molecule has 4 heteroatoms. The Balaban J connectivity index is 2.10. The molecule has 0 unspecified atom stereocenters. The van der Waals surface area contributed by atoms with E-state index in [1.165, 1.54) is 0 Å². The molecule has 1 amide bonds. The second-order valence-corrected chi connectivity index (χ2v) is 5.21. The lowest BCUT2D eigenvalue weighted by molar-refractivity contribution is -0.146. The Morgan fingerprint density at radius 2 is 1.93 bits per heavy atom. The SMILES string of the molecule is CC(C)(C)COC(=O)CNC(=O)C1CC1. The molecule has 0 saturated heterocycles. The van der Waals surface area contributed by atoms with Gasteiger partial charge in [-0.1, -0.05) is 20.8 Å². The number of carbonyl (C=O) groups is 2. The number of nitrogens with one attached hydrogen (secondary N) is 1. The highest BCUT2D eigenvalue weighted by Crippen LogP contribution is 2.28. The number of esters is 1. The van der Waals surface area contributed by atoms with Gasteiger partial charge in [0, 0.05) is 5.92 Å². The fourth-order valence-corrected chi connectivity index (χ4v) is 0.997. The highest BCUT2D eigenvalue weighted by molar-refractivity contribution is 5.84. The van der Waals surface area contributed by atoms with Gasteiger partial charge >= 0.3 is 5.97 Å². The van der Waals surface area contributed by atoms with Crippen LogP contribution in [0.3, 0.4) is 0 Å². The van der Waals surface area contributed by atoms with Crippen LogP contribution in [-0.2, 0) is 14.3 Å². The number of hydrogen-bond donors (Lipinski definition) is 1. The Bertz CT molecular complexity index is 251. The second kappa shape index (κ2) is 4.64. The molecular weight excluding hydrogens is 194 g/mol. The van der Waals surface area contributed by atoms with Crippen molar-refractivity contribution < 1.29 is 14.3 Å². The van der Waals surface area contributed by atoms with Gasteiger partial charge in [0.15, 0.2) is 0 Å². The van der Waals surface area contributed by atoms with Crippen LogP contribution in [0.4, 0.5) is 0 Å². The molecule has 1 fully saturated rings. The normalized spacial score (nSPS) is 15.9. The number of rotatable bonds is 4. The maximum atomic E-state index is 11.2. The van der Waals surface area contributed by atoms with E-state index >= 15 is 0 Å². The molecule has 4 nitrogen and oxygen atoms in total. The standard InChI is InChI=1S/C11H19NO3/c1-11(2,3)7-15-9(13)6-12-10(14)8-4-5-8/h8H,4-7H2,1-3H3,(H,12,14). The first-order chi connectivity index (χ1) is 6.88. The summed E-state index contributed by atoms with van der Waals surface area (Å²) in [4.78, 5) is 22.4. The molecule has 0 atom stereocenters. The van der Waals surface area contributed by atoms with Crippen molar-refractivity contribution in [3.8, 4) is 0 Å². The molecule has 15 heavy (non-hydrogen) atoms. The van der Waals surface area contributed by atoms with Crippen LogP contribution in [0, 0.1) is 11.3 Å². The molecule has 0 radical (unpaired) electrons. The van der Waals surface area contributed by atoms with Crippen LogP contribution in [0.15, 0.2) is 0 Å². The van der Waals surface area contributed by atoms with Crippen LogP contribution in [-0.4, -0.2) is 25.0 Å². The highest BCUT2D eigenvalue weighted by atomic mass is 16.5. The van der Waals surface area contributed by atoms with Crippen molar-refractivity contribution in [2.45, 2.75) is 33.6 Å². The van der Waals surface area contributed by atoms with Crippen molar-refractivity contribution in [1.82, 2.24) is 5.32 Å². The molecule has 0 aromatic rings. The minimum absolute atomic E-state index is 0.00852. The van der Waals surface area contributed by atoms with Crippen LogP contribution < -0.4 is 5.32 Å². The fraction of sp³-hybridized carbons (Fsp3) is 0.818. The molecule has 1 rings (SSSR count). The minimum atomic E-state index is -0.362. The van der Waals surface area contributed by atoms with Crippen molar-refractivity contribution in [3.63, 3.8) is 0 Å². The molecule has 1 saturated carbocycles. The zero-order valence-electron chi connectivity index (χ0n) is 9.63. The van der Waals surface area contributed by atoms with Crippen LogP contribution in [0.1, 0.15) is 33.6 Å². The van der Waals surface area contributed by atoms with Crippen molar-refractivity contribution in [3.05, 3.63) is 0 Å². The molecule has 86 valence electrons. The van der Waals surface area contributed by atoms with Crippen LogP contribution in [0.5, 0.6) is 0 Å². The zero-order valence-corrected chi connectivity index (χ0v) is 9.63. The van der Waals surface area contributed by atoms with Gasteiger partial charge in [0.2, 0.25) is 5.91 Å². The Morgan fingerprint density at radius 3 is 2.40 bits per heavy atom. The van der Waals surface area contributed by atoms with Gasteiger partial charge in [0.1, 0.15) is 6.54 Å². The van der Waals surface area contributed by atoms with Gasteiger partial charge < -0.3 is 10.1 Å². The molecule has 0 aliphatic heterocycles. The van der Waals surface area contributed by atoms with Crippen molar-refractivity contribution in [2.24, 2.45) is 11.3 Å². The van der Waals surface area contributed by atoms with Crippen molar-refractivity contribution in [1.29, 1.82) is 0 Å². The average Bonchev–Trinajstić information content (AvgIpc) is 2.92. The number of carbonyl (C=O) groups excluding carboxylic acids is 2. The predicted octanol–water partition coefficient (Wildman–Crippen LogP) is 1.10. The zero-order chi connectivity index (χ0) is 11.5. The van der Waals surface area contributed by atoms with E-state index < -0.39 is 0 Å². The summed E-state index contributed by atoms with van der Waals surface area (Å²) < 4.78 is 5.00. The largest absolute Gasteiger partial charge is 0.464 e. The highest BCUT2D eigenvalue weighted by Gasteiger charge is 2.29. The Morgan fingerprint density at radius 1 is 1.33 bits per heavy atom. The van der Waals surface area contributed by atoms with E-state index in [4.69, 9.17) is 4.74 Å². The fourth-order valence-electron chi connectivity index (χ4n) is 0.997. The lowest BCUT2D eigenvalue weighted by Gasteiger charge is -2.17. The predicted molar refractivity (Wildman–Crippen MR) is 56.1 cm³/mol. The molecule has 1 aliphatic rings. The third-order valence-electron chi connectivity index (χ3n) is 2.02. The van der Waals surface area contributed by atoms with E-state index in [0.29, 0.717) is 6.61 Å². The maximum Gasteiger partial charge on any atom is 0.325 e. The van der Waals surface area contributed by atoms with Gasteiger partial charge in [-0.3, -0.25) is 9.59 Å². The van der Waals surface area contributed by atoms with Gasteiger partial charge in [-0.15, -0.1) is 0 Å². The maximum absolute atomic E-state index is 11.2. The number of ether oxygens (including phenoxy) is 1. The molecule has 0 heterocycles. The van der Waals surface area contributed by atoms with Crippen molar-refractivity contribution in [2.75, 3.05) is 13.2 Å². The van der Waals surface area contributed by atoms with Gasteiger partial charge in [-0.05, 0) is 18.3 Å². The topological polar surface area (TPSA) is 55.4 Å². The Labute approximate surface area is 90.4 Å². The molecular formula is C11H19NO3. The second-order valence-electron chi connectivity index (χ2n) is 5.21. The summed E-state index contributed by atoms with van der Waals surface area (Å²) in [5.74, 6) is -0.248. The van der Waals surface area contributed by atoms with E-state index in [0.717, 1.165) is 12.8 Å². The van der Waals surface area contributed by atoms with Gasteiger partial charge in [-0.25, -0.2) is 0 Å². The molecule has 0 bridgehead atoms. The Hall–Kier alpha value is -1.06. The lowest BCUT2D eigenvalue weighted by atomic mass is 9.99. The third-order valence-corrected chi connectivity index (χ3v) is 2.02. The molecule has 0 aromatic carbocycles. The first-order valence-corrected chi connectivity index (χ1v) is 5.32. The van der Waals surface area contributed by atoms with Gasteiger partial charge in [-0.2, -0.15) is 0 Å². The first-order valence-electron chi connectivity index (χ1n) is 5.32. The summed E-state index contributed by atoms with van der Waals surface area (Å²) in [7, 11) is 0. The summed E-state index contributed by atoms with van der Waals surface area (Å²) in [6.45, 7) is 6.34. The van der Waals surface area contributed by atoms with E-state index in [-0.39, 0.29) is 29.8 Å². The summed E-state index contributed by atoms with van der Waals surface area (Å²) in [6, 6.07) is 0. The third kappa shape index (κ3) is 5.40. The van der Waals surface area contributed by atoms with E-state index in [9.17, 15) is 9.59 Å². The van der Waals surface area contributed by atoms with Crippen LogP contribution in [0.25, 0.3) is 0 Å². The number of hydrogen-bond acceptors (Lipinski definition) is 3. The summed E-state index contributed by atoms with van der Waals surface area (Å²) >= 11 is 0. The molecule has 0 aromatic heterocycles. The summed E-state index contributed by atoms with van der Waals surface area (Å²) in [5.41, 5.74) is -0.0316. The summed E-state index contributed by atoms with van der Waals surface area (Å²) in [6.07, 6.45) is 1.89. The quantitative estimate of drug-likeness (QED) is 0.711. The van der Waals surface area contributed by atoms with Crippen LogP contribution >= 0.6 is 0 Å². The van der Waals surface area contributed by atoms with E-state index in [1.807, 2.05) is 20.8 Å². The Kier molecular flexibility index (Phi) is 3.72. The van der Waals surface area contributed by atoms with Crippen molar-refractivity contribution >= 4 is 11.9 Å². The molecule has 1 aliphatic carbocycles.